The monoisotopic (exact) mass is 276 g/mol. The van der Waals surface area contributed by atoms with Crippen LogP contribution in [0.2, 0.25) is 0 Å². The molecular formula is C14H13FN2O3. The molecule has 5 nitrogen and oxygen atoms in total. The van der Waals surface area contributed by atoms with Gasteiger partial charge in [0.15, 0.2) is 0 Å². The van der Waals surface area contributed by atoms with Crippen LogP contribution >= 0.6 is 0 Å². The average molecular weight is 276 g/mol. The van der Waals surface area contributed by atoms with E-state index in [4.69, 9.17) is 0 Å². The number of carbonyl (C=O) groups excluding carboxylic acids is 1. The lowest BCUT2D eigenvalue weighted by Gasteiger charge is -2.38. The van der Waals surface area contributed by atoms with Gasteiger partial charge in [-0.15, -0.1) is 0 Å². The topological polar surface area (TPSA) is 82.2 Å². The van der Waals surface area contributed by atoms with Gasteiger partial charge in [0.1, 0.15) is 17.1 Å². The summed E-state index contributed by atoms with van der Waals surface area (Å²) < 4.78 is 13.6. The van der Waals surface area contributed by atoms with Crippen LogP contribution in [0.15, 0.2) is 24.3 Å². The average Bonchev–Trinajstić information content (AvgIpc) is 2.78. The lowest BCUT2D eigenvalue weighted by molar-refractivity contribution is -0.148. The van der Waals surface area contributed by atoms with E-state index in [-0.39, 0.29) is 5.69 Å². The number of aromatic nitrogens is 1. The molecule has 1 fully saturated rings. The number of H-pyrrole nitrogens is 1. The Morgan fingerprint density at radius 2 is 2.10 bits per heavy atom. The van der Waals surface area contributed by atoms with Gasteiger partial charge in [-0.1, -0.05) is 6.07 Å². The number of hydrogen-bond acceptors (Lipinski definition) is 2. The van der Waals surface area contributed by atoms with Gasteiger partial charge in [0.2, 0.25) is 0 Å². The summed E-state index contributed by atoms with van der Waals surface area (Å²) in [6, 6.07) is 5.91. The minimum absolute atomic E-state index is 0.164. The number of hydrogen-bond donors (Lipinski definition) is 3. The molecular weight excluding hydrogens is 263 g/mol. The van der Waals surface area contributed by atoms with Crippen LogP contribution < -0.4 is 5.32 Å². The van der Waals surface area contributed by atoms with Gasteiger partial charge < -0.3 is 15.4 Å². The predicted octanol–water partition coefficient (Wildman–Crippen LogP) is 2.04. The third-order valence-electron chi connectivity index (χ3n) is 3.82. The molecule has 2 aromatic rings. The summed E-state index contributed by atoms with van der Waals surface area (Å²) in [6.45, 7) is 0. The smallest absolute Gasteiger partial charge is 0.329 e. The number of amides is 1. The number of fused-ring (bicyclic) bond motifs is 1. The summed E-state index contributed by atoms with van der Waals surface area (Å²) in [7, 11) is 0. The second kappa shape index (κ2) is 4.33. The zero-order chi connectivity index (χ0) is 14.3. The van der Waals surface area contributed by atoms with E-state index in [1.165, 1.54) is 12.1 Å². The molecule has 1 saturated carbocycles. The summed E-state index contributed by atoms with van der Waals surface area (Å²) in [5, 5.41) is 12.0. The minimum Gasteiger partial charge on any atom is -0.480 e. The van der Waals surface area contributed by atoms with Crippen molar-refractivity contribution in [2.45, 2.75) is 24.8 Å². The number of aromatic amines is 1. The first-order valence-corrected chi connectivity index (χ1v) is 6.35. The quantitative estimate of drug-likeness (QED) is 0.802. The molecule has 0 spiro atoms. The standard InChI is InChI=1S/C14H13FN2O3/c15-9-3-1-4-10-8(9)7-11(16-10)12(18)17-14(13(19)20)5-2-6-14/h1,3-4,7,16H,2,5-6H2,(H,17,18)(H,19,20). The fourth-order valence-corrected chi connectivity index (χ4v) is 2.45. The van der Waals surface area contributed by atoms with Gasteiger partial charge in [-0.25, -0.2) is 9.18 Å². The van der Waals surface area contributed by atoms with Crippen LogP contribution in [0, 0.1) is 5.82 Å². The van der Waals surface area contributed by atoms with Crippen molar-refractivity contribution >= 4 is 22.8 Å². The largest absolute Gasteiger partial charge is 0.480 e. The SMILES string of the molecule is O=C(NC1(C(=O)O)CCC1)c1cc2c(F)cccc2[nH]1. The Hall–Kier alpha value is -2.37. The predicted molar refractivity (Wildman–Crippen MR) is 69.9 cm³/mol. The lowest BCUT2D eigenvalue weighted by atomic mass is 9.76. The van der Waals surface area contributed by atoms with Crippen molar-refractivity contribution in [3.05, 3.63) is 35.8 Å². The molecule has 0 bridgehead atoms. The summed E-state index contributed by atoms with van der Waals surface area (Å²) in [4.78, 5) is 26.1. The van der Waals surface area contributed by atoms with E-state index in [0.29, 0.717) is 23.7 Å². The lowest BCUT2D eigenvalue weighted by Crippen LogP contribution is -2.59. The van der Waals surface area contributed by atoms with Crippen molar-refractivity contribution in [1.82, 2.24) is 10.3 Å². The van der Waals surface area contributed by atoms with Gasteiger partial charge >= 0.3 is 5.97 Å². The molecule has 1 aromatic heterocycles. The number of carbonyl (C=O) groups is 2. The Kier molecular flexibility index (Phi) is 2.74. The fraction of sp³-hybridized carbons (Fsp3) is 0.286. The van der Waals surface area contributed by atoms with E-state index in [1.807, 2.05) is 0 Å². The molecule has 104 valence electrons. The van der Waals surface area contributed by atoms with Crippen LogP contribution in [-0.4, -0.2) is 27.5 Å². The second-order valence-corrected chi connectivity index (χ2v) is 5.08. The van der Waals surface area contributed by atoms with E-state index in [0.717, 1.165) is 6.42 Å². The van der Waals surface area contributed by atoms with Crippen LogP contribution in [0.5, 0.6) is 0 Å². The van der Waals surface area contributed by atoms with Gasteiger partial charge in [0.05, 0.1) is 0 Å². The second-order valence-electron chi connectivity index (χ2n) is 5.08. The van der Waals surface area contributed by atoms with Crippen LogP contribution in [-0.2, 0) is 4.79 Å². The first-order chi connectivity index (χ1) is 9.52. The van der Waals surface area contributed by atoms with Crippen LogP contribution in [0.1, 0.15) is 29.8 Å². The Bertz CT molecular complexity index is 704. The fourth-order valence-electron chi connectivity index (χ4n) is 2.45. The Morgan fingerprint density at radius 1 is 1.35 bits per heavy atom. The third kappa shape index (κ3) is 1.84. The molecule has 0 saturated heterocycles. The van der Waals surface area contributed by atoms with Crippen molar-refractivity contribution in [2.24, 2.45) is 0 Å². The Morgan fingerprint density at radius 3 is 2.65 bits per heavy atom. The number of benzene rings is 1. The number of aliphatic carboxylic acids is 1. The van der Waals surface area contributed by atoms with E-state index in [2.05, 4.69) is 10.3 Å². The number of rotatable bonds is 3. The van der Waals surface area contributed by atoms with Gasteiger partial charge in [-0.05, 0) is 37.5 Å². The van der Waals surface area contributed by atoms with Crippen molar-refractivity contribution < 1.29 is 19.1 Å². The maximum absolute atomic E-state index is 13.6. The van der Waals surface area contributed by atoms with Crippen molar-refractivity contribution in [3.8, 4) is 0 Å². The van der Waals surface area contributed by atoms with Crippen molar-refractivity contribution in [1.29, 1.82) is 0 Å². The highest BCUT2D eigenvalue weighted by molar-refractivity contribution is 6.00. The normalized spacial score (nSPS) is 16.6. The molecule has 0 atom stereocenters. The number of carboxylic acid groups (broad SMARTS) is 1. The molecule has 20 heavy (non-hydrogen) atoms. The summed E-state index contributed by atoms with van der Waals surface area (Å²) in [5.41, 5.74) is -0.502. The number of nitrogens with one attached hydrogen (secondary N) is 2. The summed E-state index contributed by atoms with van der Waals surface area (Å²) in [6.07, 6.45) is 1.61. The van der Waals surface area contributed by atoms with Crippen LogP contribution in [0.3, 0.4) is 0 Å². The third-order valence-corrected chi connectivity index (χ3v) is 3.82. The highest BCUT2D eigenvalue weighted by Crippen LogP contribution is 2.32. The van der Waals surface area contributed by atoms with Gasteiger partial charge in [0.25, 0.3) is 5.91 Å². The Labute approximate surface area is 113 Å². The maximum Gasteiger partial charge on any atom is 0.329 e. The van der Waals surface area contributed by atoms with Crippen molar-refractivity contribution in [2.75, 3.05) is 0 Å². The molecule has 0 aliphatic heterocycles. The number of carboxylic acids is 1. The molecule has 1 amide bonds. The Balaban J connectivity index is 1.89. The first-order valence-electron chi connectivity index (χ1n) is 6.35. The van der Waals surface area contributed by atoms with E-state index < -0.39 is 23.2 Å². The molecule has 1 aliphatic carbocycles. The van der Waals surface area contributed by atoms with Crippen LogP contribution in [0.4, 0.5) is 4.39 Å². The highest BCUT2D eigenvalue weighted by Gasteiger charge is 2.45. The first kappa shape index (κ1) is 12.7. The molecule has 1 aromatic carbocycles. The molecule has 3 N–H and O–H groups in total. The zero-order valence-electron chi connectivity index (χ0n) is 10.6. The van der Waals surface area contributed by atoms with E-state index >= 15 is 0 Å². The van der Waals surface area contributed by atoms with Gasteiger partial charge in [-0.2, -0.15) is 0 Å². The number of halogens is 1. The molecule has 6 heteroatoms. The zero-order valence-corrected chi connectivity index (χ0v) is 10.6. The van der Waals surface area contributed by atoms with Gasteiger partial charge in [0, 0.05) is 10.9 Å². The van der Waals surface area contributed by atoms with E-state index in [9.17, 15) is 19.1 Å². The molecule has 0 unspecified atom stereocenters. The molecule has 3 rings (SSSR count). The summed E-state index contributed by atoms with van der Waals surface area (Å²) in [5.74, 6) is -1.98. The van der Waals surface area contributed by atoms with Gasteiger partial charge in [-0.3, -0.25) is 4.79 Å². The maximum atomic E-state index is 13.6. The van der Waals surface area contributed by atoms with Crippen molar-refractivity contribution in [3.63, 3.8) is 0 Å². The molecule has 1 heterocycles. The van der Waals surface area contributed by atoms with Crippen LogP contribution in [0.25, 0.3) is 10.9 Å². The highest BCUT2D eigenvalue weighted by atomic mass is 19.1. The van der Waals surface area contributed by atoms with E-state index in [1.54, 1.807) is 12.1 Å². The molecule has 0 radical (unpaired) electrons. The molecule has 1 aliphatic rings. The summed E-state index contributed by atoms with van der Waals surface area (Å²) >= 11 is 0. The minimum atomic E-state index is -1.17.